The van der Waals surface area contributed by atoms with Crippen LogP contribution in [-0.4, -0.2) is 33.2 Å². The maximum absolute atomic E-state index is 11.4. The Morgan fingerprint density at radius 3 is 2.83 bits per heavy atom. The van der Waals surface area contributed by atoms with Crippen LogP contribution in [0, 0.1) is 10.1 Å². The number of anilines is 1. The fraction of sp³-hybridized carbons (Fsp3) is 0.600. The molecule has 2 N–H and O–H groups in total. The molecule has 8 heteroatoms. The summed E-state index contributed by atoms with van der Waals surface area (Å²) >= 11 is 0. The lowest BCUT2D eigenvalue weighted by molar-refractivity contribution is -0.384. The van der Waals surface area contributed by atoms with Gasteiger partial charge in [0.2, 0.25) is 11.7 Å². The quantitative estimate of drug-likeness (QED) is 0.574. The van der Waals surface area contributed by atoms with Gasteiger partial charge in [0.15, 0.2) is 0 Å². The molecule has 0 saturated carbocycles. The molecule has 0 fully saturated rings. The topological polar surface area (TPSA) is 102 Å². The number of hydrogen-bond donors (Lipinski definition) is 2. The molecule has 0 aliphatic rings. The van der Waals surface area contributed by atoms with Crippen LogP contribution in [0.4, 0.5) is 11.5 Å². The summed E-state index contributed by atoms with van der Waals surface area (Å²) in [7, 11) is 1.60. The number of nitro groups is 1. The molecule has 0 aromatic carbocycles. The molecule has 1 rings (SSSR count). The number of carbonyl (C=O) groups is 1. The van der Waals surface area contributed by atoms with Crippen molar-refractivity contribution < 1.29 is 9.72 Å². The average molecular weight is 255 g/mol. The highest BCUT2D eigenvalue weighted by Crippen LogP contribution is 2.20. The van der Waals surface area contributed by atoms with Crippen LogP contribution in [0.3, 0.4) is 0 Å². The molecule has 1 amide bonds. The second-order valence-electron chi connectivity index (χ2n) is 4.19. The Morgan fingerprint density at radius 2 is 2.28 bits per heavy atom. The molecule has 0 bridgehead atoms. The summed E-state index contributed by atoms with van der Waals surface area (Å²) in [5, 5.41) is 20.2. The van der Waals surface area contributed by atoms with Crippen molar-refractivity contribution in [3.05, 3.63) is 16.3 Å². The van der Waals surface area contributed by atoms with E-state index in [0.717, 1.165) is 0 Å². The summed E-state index contributed by atoms with van der Waals surface area (Å²) in [6.07, 6.45) is 1.56. The van der Waals surface area contributed by atoms with E-state index >= 15 is 0 Å². The minimum Gasteiger partial charge on any atom is -0.362 e. The molecule has 0 atom stereocenters. The molecule has 18 heavy (non-hydrogen) atoms. The maximum atomic E-state index is 11.4. The normalized spacial score (nSPS) is 10.4. The summed E-state index contributed by atoms with van der Waals surface area (Å²) < 4.78 is 1.36. The first-order valence-corrected chi connectivity index (χ1v) is 5.61. The number of rotatable bonds is 6. The first-order valence-electron chi connectivity index (χ1n) is 5.61. The SMILES string of the molecule is CC(C)NC(=O)CCNc1nn(C)cc1[N+](=O)[O-]. The zero-order valence-corrected chi connectivity index (χ0v) is 10.6. The molecule has 1 heterocycles. The highest BCUT2D eigenvalue weighted by atomic mass is 16.6. The van der Waals surface area contributed by atoms with Crippen molar-refractivity contribution in [1.29, 1.82) is 0 Å². The molecule has 0 saturated heterocycles. The van der Waals surface area contributed by atoms with E-state index in [1.54, 1.807) is 7.05 Å². The highest BCUT2D eigenvalue weighted by Gasteiger charge is 2.18. The van der Waals surface area contributed by atoms with Crippen molar-refractivity contribution in [2.45, 2.75) is 26.3 Å². The third-order valence-electron chi connectivity index (χ3n) is 2.10. The first-order chi connectivity index (χ1) is 8.40. The third-order valence-corrected chi connectivity index (χ3v) is 2.10. The zero-order valence-electron chi connectivity index (χ0n) is 10.6. The summed E-state index contributed by atoms with van der Waals surface area (Å²) in [4.78, 5) is 21.6. The molecule has 0 spiro atoms. The van der Waals surface area contributed by atoms with Gasteiger partial charge < -0.3 is 10.6 Å². The second kappa shape index (κ2) is 5.99. The zero-order chi connectivity index (χ0) is 13.7. The standard InChI is InChI=1S/C10H17N5O3/c1-7(2)12-9(16)4-5-11-10-8(15(17)18)6-14(3)13-10/h6-7H,4-5H2,1-3H3,(H,11,13)(H,12,16). The van der Waals surface area contributed by atoms with E-state index in [4.69, 9.17) is 0 Å². The molecule has 0 aliphatic heterocycles. The Bertz CT molecular complexity index is 441. The minimum atomic E-state index is -0.510. The predicted octanol–water partition coefficient (Wildman–Crippen LogP) is 0.655. The van der Waals surface area contributed by atoms with Gasteiger partial charge in [-0.25, -0.2) is 0 Å². The second-order valence-corrected chi connectivity index (χ2v) is 4.19. The van der Waals surface area contributed by atoms with Crippen LogP contribution in [0.2, 0.25) is 0 Å². The molecule has 8 nitrogen and oxygen atoms in total. The van der Waals surface area contributed by atoms with Gasteiger partial charge >= 0.3 is 5.69 Å². The Hall–Kier alpha value is -2.12. The number of carbonyl (C=O) groups excluding carboxylic acids is 1. The minimum absolute atomic E-state index is 0.0849. The monoisotopic (exact) mass is 255 g/mol. The molecule has 1 aromatic rings. The molecular formula is C10H17N5O3. The van der Waals surface area contributed by atoms with Crippen LogP contribution < -0.4 is 10.6 Å². The van der Waals surface area contributed by atoms with Gasteiger partial charge in [0.25, 0.3) is 0 Å². The molecule has 0 radical (unpaired) electrons. The van der Waals surface area contributed by atoms with Gasteiger partial charge in [-0.05, 0) is 13.8 Å². The van der Waals surface area contributed by atoms with Crippen molar-refractivity contribution in [1.82, 2.24) is 15.1 Å². The van der Waals surface area contributed by atoms with E-state index in [1.807, 2.05) is 13.8 Å². The highest BCUT2D eigenvalue weighted by molar-refractivity contribution is 5.76. The van der Waals surface area contributed by atoms with Gasteiger partial charge in [0.1, 0.15) is 6.20 Å². The smallest absolute Gasteiger partial charge is 0.330 e. The fourth-order valence-corrected chi connectivity index (χ4v) is 1.42. The van der Waals surface area contributed by atoms with Gasteiger partial charge in [-0.2, -0.15) is 0 Å². The molecular weight excluding hydrogens is 238 g/mol. The van der Waals surface area contributed by atoms with E-state index in [-0.39, 0.29) is 29.9 Å². The summed E-state index contributed by atoms with van der Waals surface area (Å²) in [5.74, 6) is 0.0796. The summed E-state index contributed by atoms with van der Waals surface area (Å²) in [5.41, 5.74) is -0.0956. The van der Waals surface area contributed by atoms with Gasteiger partial charge in [-0.1, -0.05) is 0 Å². The number of nitrogens with zero attached hydrogens (tertiary/aromatic N) is 3. The Labute approximate surface area is 105 Å². The third kappa shape index (κ3) is 4.04. The number of aromatic nitrogens is 2. The Morgan fingerprint density at radius 1 is 1.61 bits per heavy atom. The fourth-order valence-electron chi connectivity index (χ4n) is 1.42. The van der Waals surface area contributed by atoms with E-state index in [9.17, 15) is 14.9 Å². The van der Waals surface area contributed by atoms with E-state index in [2.05, 4.69) is 15.7 Å². The van der Waals surface area contributed by atoms with Crippen LogP contribution in [0.15, 0.2) is 6.20 Å². The number of amides is 1. The first kappa shape index (κ1) is 13.9. The van der Waals surface area contributed by atoms with Crippen LogP contribution >= 0.6 is 0 Å². The van der Waals surface area contributed by atoms with Gasteiger partial charge in [-0.3, -0.25) is 19.6 Å². The van der Waals surface area contributed by atoms with Crippen molar-refractivity contribution in [3.63, 3.8) is 0 Å². The molecule has 0 aliphatic carbocycles. The Kier molecular flexibility index (Phi) is 4.64. The molecule has 0 unspecified atom stereocenters. The van der Waals surface area contributed by atoms with Gasteiger partial charge in [-0.15, -0.1) is 5.10 Å². The van der Waals surface area contributed by atoms with Crippen LogP contribution in [-0.2, 0) is 11.8 Å². The van der Waals surface area contributed by atoms with E-state index in [1.165, 1.54) is 10.9 Å². The van der Waals surface area contributed by atoms with Crippen LogP contribution in [0.25, 0.3) is 0 Å². The lowest BCUT2D eigenvalue weighted by Crippen LogP contribution is -2.31. The number of nitrogens with one attached hydrogen (secondary N) is 2. The van der Waals surface area contributed by atoms with E-state index in [0.29, 0.717) is 6.54 Å². The number of aryl methyl sites for hydroxylation is 1. The Balaban J connectivity index is 2.49. The average Bonchev–Trinajstić information content (AvgIpc) is 2.58. The van der Waals surface area contributed by atoms with E-state index < -0.39 is 4.92 Å². The van der Waals surface area contributed by atoms with Crippen LogP contribution in [0.5, 0.6) is 0 Å². The summed E-state index contributed by atoms with van der Waals surface area (Å²) in [6, 6.07) is 0.0849. The van der Waals surface area contributed by atoms with Crippen LogP contribution in [0.1, 0.15) is 20.3 Å². The number of hydrogen-bond acceptors (Lipinski definition) is 5. The molecule has 1 aromatic heterocycles. The maximum Gasteiger partial charge on any atom is 0.330 e. The van der Waals surface area contributed by atoms with Crippen molar-refractivity contribution in [2.75, 3.05) is 11.9 Å². The van der Waals surface area contributed by atoms with Crippen molar-refractivity contribution in [3.8, 4) is 0 Å². The van der Waals surface area contributed by atoms with Gasteiger partial charge in [0.05, 0.1) is 4.92 Å². The van der Waals surface area contributed by atoms with Crippen molar-refractivity contribution >= 4 is 17.4 Å². The largest absolute Gasteiger partial charge is 0.362 e. The summed E-state index contributed by atoms with van der Waals surface area (Å²) in [6.45, 7) is 4.04. The lowest BCUT2D eigenvalue weighted by atomic mass is 10.3. The predicted molar refractivity (Wildman–Crippen MR) is 66.2 cm³/mol. The lowest BCUT2D eigenvalue weighted by Gasteiger charge is -2.08. The molecule has 100 valence electrons. The van der Waals surface area contributed by atoms with Gasteiger partial charge in [0, 0.05) is 26.1 Å². The van der Waals surface area contributed by atoms with Crippen molar-refractivity contribution in [2.24, 2.45) is 7.05 Å².